The van der Waals surface area contributed by atoms with Gasteiger partial charge in [-0.25, -0.2) is 9.97 Å². The van der Waals surface area contributed by atoms with Gasteiger partial charge in [-0.2, -0.15) is 5.26 Å². The summed E-state index contributed by atoms with van der Waals surface area (Å²) >= 11 is 0. The highest BCUT2D eigenvalue weighted by Gasteiger charge is 2.31. The SMILES string of the molecule is C[C@H]1CCCN(c2nc3ccccc3nc2[C@H](C#N)C(=O)NC2CCCCC2)C1. The van der Waals surface area contributed by atoms with Crippen molar-refractivity contribution in [3.63, 3.8) is 0 Å². The molecule has 1 aliphatic heterocycles. The first-order valence-corrected chi connectivity index (χ1v) is 10.9. The highest BCUT2D eigenvalue weighted by molar-refractivity contribution is 5.89. The van der Waals surface area contributed by atoms with E-state index in [1.165, 1.54) is 12.8 Å². The van der Waals surface area contributed by atoms with Crippen molar-refractivity contribution >= 4 is 22.8 Å². The monoisotopic (exact) mass is 391 g/mol. The summed E-state index contributed by atoms with van der Waals surface area (Å²) in [4.78, 5) is 24.9. The number of hydrogen-bond acceptors (Lipinski definition) is 5. The molecular formula is C23H29N5O. The average molecular weight is 392 g/mol. The molecule has 29 heavy (non-hydrogen) atoms. The molecule has 2 fully saturated rings. The van der Waals surface area contributed by atoms with Gasteiger partial charge in [-0.05, 0) is 43.7 Å². The number of amides is 1. The van der Waals surface area contributed by atoms with Gasteiger partial charge in [0.2, 0.25) is 5.91 Å². The Hall–Kier alpha value is -2.68. The average Bonchev–Trinajstić information content (AvgIpc) is 2.74. The summed E-state index contributed by atoms with van der Waals surface area (Å²) in [6.45, 7) is 3.99. The molecule has 6 heteroatoms. The van der Waals surface area contributed by atoms with Crippen LogP contribution in [0.5, 0.6) is 0 Å². The Morgan fingerprint density at radius 2 is 1.86 bits per heavy atom. The van der Waals surface area contributed by atoms with Crippen LogP contribution in [0.4, 0.5) is 5.82 Å². The second kappa shape index (κ2) is 8.77. The molecule has 2 atom stereocenters. The lowest BCUT2D eigenvalue weighted by molar-refractivity contribution is -0.122. The molecule has 1 N–H and O–H groups in total. The van der Waals surface area contributed by atoms with Crippen molar-refractivity contribution in [2.45, 2.75) is 63.8 Å². The molecule has 6 nitrogen and oxygen atoms in total. The highest BCUT2D eigenvalue weighted by atomic mass is 16.2. The van der Waals surface area contributed by atoms with E-state index in [2.05, 4.69) is 23.2 Å². The molecule has 152 valence electrons. The minimum absolute atomic E-state index is 0.166. The maximum atomic E-state index is 13.1. The number of piperidine rings is 1. The van der Waals surface area contributed by atoms with E-state index in [1.807, 2.05) is 24.3 Å². The quantitative estimate of drug-likeness (QED) is 0.854. The van der Waals surface area contributed by atoms with E-state index in [-0.39, 0.29) is 11.9 Å². The third-order valence-electron chi connectivity index (χ3n) is 6.15. The molecule has 2 heterocycles. The Kier molecular flexibility index (Phi) is 5.94. The van der Waals surface area contributed by atoms with Crippen molar-refractivity contribution in [2.24, 2.45) is 5.92 Å². The van der Waals surface area contributed by atoms with Gasteiger partial charge >= 0.3 is 0 Å². The summed E-state index contributed by atoms with van der Waals surface area (Å²) in [7, 11) is 0. The van der Waals surface area contributed by atoms with Crippen molar-refractivity contribution in [1.82, 2.24) is 15.3 Å². The number of nitriles is 1. The van der Waals surface area contributed by atoms with Gasteiger partial charge in [0.05, 0.1) is 17.1 Å². The molecule has 1 aliphatic carbocycles. The maximum Gasteiger partial charge on any atom is 0.243 e. The van der Waals surface area contributed by atoms with Gasteiger partial charge in [0, 0.05) is 19.1 Å². The van der Waals surface area contributed by atoms with Crippen LogP contribution in [0.1, 0.15) is 63.5 Å². The number of benzene rings is 1. The van der Waals surface area contributed by atoms with Gasteiger partial charge in [-0.1, -0.05) is 38.3 Å². The number of para-hydroxylation sites is 2. The van der Waals surface area contributed by atoms with Crippen LogP contribution >= 0.6 is 0 Å². The Morgan fingerprint density at radius 1 is 1.14 bits per heavy atom. The number of nitrogens with zero attached hydrogens (tertiary/aromatic N) is 4. The van der Waals surface area contributed by atoms with E-state index in [1.54, 1.807) is 0 Å². The van der Waals surface area contributed by atoms with Gasteiger partial charge in [-0.15, -0.1) is 0 Å². The van der Waals surface area contributed by atoms with Gasteiger partial charge < -0.3 is 10.2 Å². The fourth-order valence-electron chi connectivity index (χ4n) is 4.59. The molecule has 1 aromatic heterocycles. The van der Waals surface area contributed by atoms with Crippen molar-refractivity contribution in [3.05, 3.63) is 30.0 Å². The third-order valence-corrected chi connectivity index (χ3v) is 6.15. The number of rotatable bonds is 4. The number of nitrogens with one attached hydrogen (secondary N) is 1. The van der Waals surface area contributed by atoms with Crippen LogP contribution in [0.3, 0.4) is 0 Å². The van der Waals surface area contributed by atoms with Crippen LogP contribution in [-0.4, -0.2) is 35.0 Å². The summed E-state index contributed by atoms with van der Waals surface area (Å²) in [5.74, 6) is 0.0682. The smallest absolute Gasteiger partial charge is 0.243 e. The minimum Gasteiger partial charge on any atom is -0.355 e. The molecule has 0 unspecified atom stereocenters. The molecular weight excluding hydrogens is 362 g/mol. The normalized spacial score (nSPS) is 21.5. The van der Waals surface area contributed by atoms with Crippen LogP contribution in [0.25, 0.3) is 11.0 Å². The van der Waals surface area contributed by atoms with E-state index in [9.17, 15) is 10.1 Å². The van der Waals surface area contributed by atoms with E-state index >= 15 is 0 Å². The van der Waals surface area contributed by atoms with Crippen molar-refractivity contribution in [1.29, 1.82) is 5.26 Å². The zero-order valence-electron chi connectivity index (χ0n) is 17.1. The van der Waals surface area contributed by atoms with E-state index in [4.69, 9.17) is 9.97 Å². The molecule has 1 saturated heterocycles. The summed E-state index contributed by atoms with van der Waals surface area (Å²) in [5, 5.41) is 13.0. The summed E-state index contributed by atoms with van der Waals surface area (Å²) in [6, 6.07) is 10.1. The van der Waals surface area contributed by atoms with E-state index in [0.29, 0.717) is 17.4 Å². The predicted molar refractivity (Wildman–Crippen MR) is 114 cm³/mol. The molecule has 1 saturated carbocycles. The second-order valence-electron chi connectivity index (χ2n) is 8.52. The van der Waals surface area contributed by atoms with Gasteiger partial charge in [0.1, 0.15) is 5.69 Å². The molecule has 2 aromatic rings. The summed E-state index contributed by atoms with van der Waals surface area (Å²) in [6.07, 6.45) is 7.75. The van der Waals surface area contributed by atoms with E-state index < -0.39 is 5.92 Å². The van der Waals surface area contributed by atoms with Gasteiger partial charge in [0.25, 0.3) is 0 Å². The van der Waals surface area contributed by atoms with Crippen LogP contribution < -0.4 is 10.2 Å². The standard InChI is InChI=1S/C23H29N5O/c1-16-8-7-13-28(15-16)22-21(26-19-11-5-6-12-20(19)27-22)18(14-24)23(29)25-17-9-3-2-4-10-17/h5-6,11-12,16-18H,2-4,7-10,13,15H2,1H3,(H,25,29)/t16-,18-/m0/s1. The predicted octanol–water partition coefficient (Wildman–Crippen LogP) is 3.92. The Morgan fingerprint density at radius 3 is 2.55 bits per heavy atom. The fraction of sp³-hybridized carbons (Fsp3) is 0.565. The summed E-state index contributed by atoms with van der Waals surface area (Å²) in [5.41, 5.74) is 2.02. The topological polar surface area (TPSA) is 81.9 Å². The van der Waals surface area contributed by atoms with Crippen LogP contribution in [0, 0.1) is 17.2 Å². The first kappa shape index (κ1) is 19.6. The number of carbonyl (C=O) groups excluding carboxylic acids is 1. The zero-order chi connectivity index (χ0) is 20.2. The van der Waals surface area contributed by atoms with Crippen LogP contribution in [0.2, 0.25) is 0 Å². The van der Waals surface area contributed by atoms with Crippen molar-refractivity contribution < 1.29 is 4.79 Å². The summed E-state index contributed by atoms with van der Waals surface area (Å²) < 4.78 is 0. The van der Waals surface area contributed by atoms with Crippen LogP contribution in [-0.2, 0) is 4.79 Å². The number of aromatic nitrogens is 2. The molecule has 0 spiro atoms. The molecule has 2 aliphatic rings. The molecule has 0 bridgehead atoms. The second-order valence-corrected chi connectivity index (χ2v) is 8.52. The molecule has 4 rings (SSSR count). The van der Waals surface area contributed by atoms with Crippen LogP contribution in [0.15, 0.2) is 24.3 Å². The Labute approximate surface area is 172 Å². The fourth-order valence-corrected chi connectivity index (χ4v) is 4.59. The van der Waals surface area contributed by atoms with E-state index in [0.717, 1.165) is 56.2 Å². The number of carbonyl (C=O) groups is 1. The van der Waals surface area contributed by atoms with Crippen molar-refractivity contribution in [3.8, 4) is 6.07 Å². The lowest BCUT2D eigenvalue weighted by Gasteiger charge is -2.33. The number of hydrogen-bond donors (Lipinski definition) is 1. The Balaban J connectivity index is 1.70. The third kappa shape index (κ3) is 4.34. The lowest BCUT2D eigenvalue weighted by atomic mass is 9.94. The number of fused-ring (bicyclic) bond motifs is 1. The van der Waals surface area contributed by atoms with Gasteiger partial charge in [0.15, 0.2) is 11.7 Å². The highest BCUT2D eigenvalue weighted by Crippen LogP contribution is 2.30. The molecule has 1 aromatic carbocycles. The Bertz CT molecular complexity index is 915. The zero-order valence-corrected chi connectivity index (χ0v) is 17.1. The minimum atomic E-state index is -0.943. The maximum absolute atomic E-state index is 13.1. The lowest BCUT2D eigenvalue weighted by Crippen LogP contribution is -2.40. The number of anilines is 1. The first-order chi connectivity index (χ1) is 14.2. The molecule has 1 amide bonds. The largest absolute Gasteiger partial charge is 0.355 e. The molecule has 0 radical (unpaired) electrons. The first-order valence-electron chi connectivity index (χ1n) is 10.9. The van der Waals surface area contributed by atoms with Crippen molar-refractivity contribution in [2.75, 3.05) is 18.0 Å². The van der Waals surface area contributed by atoms with Gasteiger partial charge in [-0.3, -0.25) is 4.79 Å².